The van der Waals surface area contributed by atoms with Crippen LogP contribution in [-0.4, -0.2) is 30.3 Å². The summed E-state index contributed by atoms with van der Waals surface area (Å²) < 4.78 is 42.8. The van der Waals surface area contributed by atoms with Crippen molar-refractivity contribution in [1.29, 1.82) is 5.41 Å². The van der Waals surface area contributed by atoms with Crippen LogP contribution in [0.3, 0.4) is 0 Å². The molecule has 4 N–H and O–H groups in total. The van der Waals surface area contributed by atoms with Crippen molar-refractivity contribution < 1.29 is 23.0 Å². The fourth-order valence-corrected chi connectivity index (χ4v) is 1.51. The Morgan fingerprint density at radius 3 is 2.53 bits per heavy atom. The molecule has 106 valence electrons. The first-order chi connectivity index (χ1) is 8.86. The molecule has 1 rings (SSSR count). The fraction of sp³-hybridized carbons (Fsp3) is 0.417. The summed E-state index contributed by atoms with van der Waals surface area (Å²) in [5.41, 5.74) is 5.53. The van der Waals surface area contributed by atoms with E-state index < -0.39 is 24.5 Å². The number of ether oxygens (including phenoxy) is 1. The molecule has 0 aromatic heterocycles. The lowest BCUT2D eigenvalue weighted by molar-refractivity contribution is -0.162. The summed E-state index contributed by atoms with van der Waals surface area (Å²) in [7, 11) is 0. The highest BCUT2D eigenvalue weighted by Gasteiger charge is 2.42. The zero-order valence-electron chi connectivity index (χ0n) is 10.1. The molecule has 0 spiro atoms. The average molecular weight is 276 g/mol. The number of amidine groups is 1. The van der Waals surface area contributed by atoms with E-state index >= 15 is 0 Å². The normalized spacial score (nSPS) is 13.1. The van der Waals surface area contributed by atoms with Crippen LogP contribution in [-0.2, 0) is 6.42 Å². The third-order valence-electron chi connectivity index (χ3n) is 2.53. The van der Waals surface area contributed by atoms with Gasteiger partial charge in [0.25, 0.3) is 0 Å². The molecule has 0 bridgehead atoms. The zero-order chi connectivity index (χ0) is 14.5. The van der Waals surface area contributed by atoms with Gasteiger partial charge in [0.15, 0.2) is 0 Å². The monoisotopic (exact) mass is 276 g/mol. The molecule has 0 aliphatic heterocycles. The molecule has 4 nitrogen and oxygen atoms in total. The first-order valence-corrected chi connectivity index (χ1v) is 5.58. The van der Waals surface area contributed by atoms with Gasteiger partial charge in [-0.15, -0.1) is 0 Å². The van der Waals surface area contributed by atoms with Gasteiger partial charge >= 0.3 is 6.18 Å². The molecule has 0 amide bonds. The van der Waals surface area contributed by atoms with Crippen LogP contribution in [0.1, 0.15) is 5.56 Å². The van der Waals surface area contributed by atoms with E-state index in [0.717, 1.165) is 0 Å². The van der Waals surface area contributed by atoms with Gasteiger partial charge in [0.1, 0.15) is 24.1 Å². The second-order valence-corrected chi connectivity index (χ2v) is 3.94. The molecule has 19 heavy (non-hydrogen) atoms. The minimum Gasteiger partial charge on any atom is -0.492 e. The third-order valence-corrected chi connectivity index (χ3v) is 2.53. The molecule has 0 fully saturated rings. The Labute approximate surface area is 108 Å². The Kier molecular flexibility index (Phi) is 5.17. The highest BCUT2D eigenvalue weighted by Crippen LogP contribution is 2.28. The molecule has 0 aliphatic carbocycles. The van der Waals surface area contributed by atoms with Gasteiger partial charge in [-0.3, -0.25) is 5.41 Å². The highest BCUT2D eigenvalue weighted by molar-refractivity contribution is 5.80. The van der Waals surface area contributed by atoms with Gasteiger partial charge in [0.2, 0.25) is 0 Å². The van der Waals surface area contributed by atoms with E-state index in [9.17, 15) is 13.2 Å². The Morgan fingerprint density at radius 1 is 1.37 bits per heavy atom. The molecule has 1 aromatic carbocycles. The Morgan fingerprint density at radius 2 is 2.00 bits per heavy atom. The van der Waals surface area contributed by atoms with Gasteiger partial charge in [-0.05, 0) is 18.1 Å². The van der Waals surface area contributed by atoms with Crippen LogP contribution in [0.2, 0.25) is 0 Å². The molecule has 1 aromatic rings. The van der Waals surface area contributed by atoms with Gasteiger partial charge in [-0.25, -0.2) is 0 Å². The van der Waals surface area contributed by atoms with Crippen molar-refractivity contribution in [2.24, 2.45) is 11.7 Å². The lowest BCUT2D eigenvalue weighted by Gasteiger charge is -2.20. The minimum absolute atomic E-state index is 0.129. The molecular weight excluding hydrogens is 261 g/mol. The summed E-state index contributed by atoms with van der Waals surface area (Å²) >= 11 is 0. The first-order valence-electron chi connectivity index (χ1n) is 5.58. The predicted octanol–water partition coefficient (Wildman–Crippen LogP) is 1.71. The first kappa shape index (κ1) is 15.3. The number of alkyl halides is 3. The number of rotatable bonds is 6. The Balaban J connectivity index is 2.77. The number of hydrogen-bond donors (Lipinski definition) is 3. The predicted molar refractivity (Wildman–Crippen MR) is 64.2 cm³/mol. The topological polar surface area (TPSA) is 79.3 Å². The SMILES string of the molecule is N=C(N)C(COc1ccccc1CCO)C(F)(F)F. The number of hydrogen-bond acceptors (Lipinski definition) is 3. The second kappa shape index (κ2) is 6.42. The lowest BCUT2D eigenvalue weighted by Crippen LogP contribution is -2.39. The maximum atomic E-state index is 12.6. The summed E-state index contributed by atoms with van der Waals surface area (Å²) in [6.45, 7) is -0.878. The molecule has 1 atom stereocenters. The number of aliphatic hydroxyl groups is 1. The number of halogens is 3. The molecular formula is C12H15F3N2O2. The standard InChI is InChI=1S/C12H15F3N2O2/c13-12(14,15)9(11(16)17)7-19-10-4-2-1-3-8(10)5-6-18/h1-4,9,18H,5-7H2,(H3,16,17). The van der Waals surface area contributed by atoms with Crippen molar-refractivity contribution in [2.45, 2.75) is 12.6 Å². The van der Waals surface area contributed by atoms with E-state index in [1.807, 2.05) is 0 Å². The van der Waals surface area contributed by atoms with Crippen LogP contribution >= 0.6 is 0 Å². The van der Waals surface area contributed by atoms with Crippen LogP contribution in [0, 0.1) is 11.3 Å². The van der Waals surface area contributed by atoms with Crippen molar-refractivity contribution in [2.75, 3.05) is 13.2 Å². The van der Waals surface area contributed by atoms with E-state index in [1.54, 1.807) is 18.2 Å². The quantitative estimate of drug-likeness (QED) is 0.546. The zero-order valence-corrected chi connectivity index (χ0v) is 10.1. The minimum atomic E-state index is -4.61. The molecule has 0 heterocycles. The smallest absolute Gasteiger partial charge is 0.401 e. The molecule has 0 saturated heterocycles. The average Bonchev–Trinajstić information content (AvgIpc) is 2.29. The van der Waals surface area contributed by atoms with E-state index in [0.29, 0.717) is 5.56 Å². The summed E-state index contributed by atoms with van der Waals surface area (Å²) in [6.07, 6.45) is -4.33. The van der Waals surface area contributed by atoms with Crippen molar-refractivity contribution in [3.8, 4) is 5.75 Å². The van der Waals surface area contributed by atoms with Crippen LogP contribution in [0.5, 0.6) is 5.75 Å². The largest absolute Gasteiger partial charge is 0.492 e. The van der Waals surface area contributed by atoms with Crippen molar-refractivity contribution in [1.82, 2.24) is 0 Å². The summed E-state index contributed by atoms with van der Waals surface area (Å²) in [6, 6.07) is 6.48. The Bertz CT molecular complexity index is 435. The summed E-state index contributed by atoms with van der Waals surface area (Å²) in [5, 5.41) is 15.8. The van der Waals surface area contributed by atoms with E-state index in [1.165, 1.54) is 6.07 Å². The fourth-order valence-electron chi connectivity index (χ4n) is 1.51. The van der Waals surface area contributed by atoms with Crippen molar-refractivity contribution in [3.05, 3.63) is 29.8 Å². The highest BCUT2D eigenvalue weighted by atomic mass is 19.4. The van der Waals surface area contributed by atoms with Gasteiger partial charge < -0.3 is 15.6 Å². The molecule has 7 heteroatoms. The number of para-hydroxylation sites is 1. The van der Waals surface area contributed by atoms with E-state index in [-0.39, 0.29) is 18.8 Å². The van der Waals surface area contributed by atoms with E-state index in [2.05, 4.69) is 0 Å². The summed E-state index contributed by atoms with van der Waals surface area (Å²) in [5.74, 6) is -2.85. The van der Waals surface area contributed by atoms with E-state index in [4.69, 9.17) is 21.0 Å². The molecule has 1 unspecified atom stereocenters. The molecule has 0 aliphatic rings. The van der Waals surface area contributed by atoms with Crippen LogP contribution in [0.15, 0.2) is 24.3 Å². The van der Waals surface area contributed by atoms with Gasteiger partial charge in [0.05, 0.1) is 0 Å². The third kappa shape index (κ3) is 4.44. The lowest BCUT2D eigenvalue weighted by atomic mass is 10.1. The van der Waals surface area contributed by atoms with Crippen LogP contribution in [0.25, 0.3) is 0 Å². The van der Waals surface area contributed by atoms with Crippen LogP contribution in [0.4, 0.5) is 13.2 Å². The second-order valence-electron chi connectivity index (χ2n) is 3.94. The molecule has 0 saturated carbocycles. The molecule has 0 radical (unpaired) electrons. The van der Waals surface area contributed by atoms with Gasteiger partial charge in [-0.2, -0.15) is 13.2 Å². The number of nitrogens with two attached hydrogens (primary N) is 1. The maximum absolute atomic E-state index is 12.6. The Hall–Kier alpha value is -1.76. The number of nitrogens with one attached hydrogen (secondary N) is 1. The number of aliphatic hydroxyl groups excluding tert-OH is 1. The summed E-state index contributed by atoms with van der Waals surface area (Å²) in [4.78, 5) is 0. The van der Waals surface area contributed by atoms with Crippen molar-refractivity contribution >= 4 is 5.84 Å². The van der Waals surface area contributed by atoms with Gasteiger partial charge in [-0.1, -0.05) is 18.2 Å². The van der Waals surface area contributed by atoms with Crippen molar-refractivity contribution in [3.63, 3.8) is 0 Å². The van der Waals surface area contributed by atoms with Crippen LogP contribution < -0.4 is 10.5 Å². The maximum Gasteiger partial charge on any atom is 0.401 e. The van der Waals surface area contributed by atoms with Gasteiger partial charge in [0, 0.05) is 6.61 Å². The number of benzene rings is 1.